The number of ether oxygens (including phenoxy) is 2. The molecule has 0 unspecified atom stereocenters. The molecule has 7 nitrogen and oxygen atoms in total. The highest BCUT2D eigenvalue weighted by Gasteiger charge is 2.36. The Hall–Kier alpha value is -2.88. The second-order valence-corrected chi connectivity index (χ2v) is 9.19. The zero-order chi connectivity index (χ0) is 24.7. The molecule has 0 saturated carbocycles. The number of rotatable bonds is 10. The van der Waals surface area contributed by atoms with E-state index in [0.717, 1.165) is 21.6 Å². The molecule has 34 heavy (non-hydrogen) atoms. The minimum absolute atomic E-state index is 0.181. The first kappa shape index (κ1) is 25.7. The number of hydrogen-bond acceptors (Lipinski definition) is 7. The molecular formula is C24H23ClN2O5S2. The van der Waals surface area contributed by atoms with Gasteiger partial charge in [0.25, 0.3) is 11.1 Å². The third-order valence-corrected chi connectivity index (χ3v) is 6.42. The Morgan fingerprint density at radius 2 is 2.06 bits per heavy atom. The van der Waals surface area contributed by atoms with Gasteiger partial charge in [0.2, 0.25) is 5.91 Å². The molecule has 1 heterocycles. The maximum absolute atomic E-state index is 12.8. The third kappa shape index (κ3) is 6.37. The van der Waals surface area contributed by atoms with Gasteiger partial charge in [0.15, 0.2) is 11.5 Å². The van der Waals surface area contributed by atoms with Gasteiger partial charge in [-0.05, 0) is 66.9 Å². The fourth-order valence-electron chi connectivity index (χ4n) is 3.05. The quantitative estimate of drug-likeness (QED) is 0.245. The monoisotopic (exact) mass is 518 g/mol. The molecule has 0 spiro atoms. The Bertz CT molecular complexity index is 1150. The van der Waals surface area contributed by atoms with E-state index >= 15 is 0 Å². The predicted octanol–water partition coefficient (Wildman–Crippen LogP) is 5.70. The number of carbonyl (C=O) groups is 3. The number of amides is 3. The SMILES string of the molecule is C=CCOc1c(Cl)cc(/C=C2/SC(=O)N(CC(=O)Nc3cccc(SC)c3)C2=O)cc1OCC. The smallest absolute Gasteiger partial charge is 0.294 e. The molecule has 0 atom stereocenters. The molecule has 0 aliphatic carbocycles. The van der Waals surface area contributed by atoms with E-state index < -0.39 is 17.1 Å². The maximum Gasteiger partial charge on any atom is 0.294 e. The largest absolute Gasteiger partial charge is 0.490 e. The van der Waals surface area contributed by atoms with Crippen molar-refractivity contribution in [1.82, 2.24) is 4.90 Å². The van der Waals surface area contributed by atoms with Crippen molar-refractivity contribution >= 4 is 63.9 Å². The van der Waals surface area contributed by atoms with Crippen LogP contribution in [0.25, 0.3) is 6.08 Å². The lowest BCUT2D eigenvalue weighted by atomic mass is 10.1. The van der Waals surface area contributed by atoms with Crippen molar-refractivity contribution in [3.8, 4) is 11.5 Å². The summed E-state index contributed by atoms with van der Waals surface area (Å²) in [5, 5.41) is 2.49. The average Bonchev–Trinajstić information content (AvgIpc) is 3.06. The molecule has 2 aromatic carbocycles. The molecule has 1 aliphatic heterocycles. The van der Waals surface area contributed by atoms with Crippen molar-refractivity contribution < 1.29 is 23.9 Å². The van der Waals surface area contributed by atoms with Crippen LogP contribution >= 0.6 is 35.1 Å². The second-order valence-electron chi connectivity index (χ2n) is 6.91. The second kappa shape index (κ2) is 12.0. The highest BCUT2D eigenvalue weighted by molar-refractivity contribution is 8.18. The molecular weight excluding hydrogens is 496 g/mol. The van der Waals surface area contributed by atoms with Crippen LogP contribution in [0.4, 0.5) is 10.5 Å². The van der Waals surface area contributed by atoms with Crippen LogP contribution in [0.5, 0.6) is 11.5 Å². The summed E-state index contributed by atoms with van der Waals surface area (Å²) in [6, 6.07) is 10.6. The fourth-order valence-corrected chi connectivity index (χ4v) is 4.62. The van der Waals surface area contributed by atoms with Crippen LogP contribution in [0.1, 0.15) is 12.5 Å². The van der Waals surface area contributed by atoms with Crippen LogP contribution in [-0.4, -0.2) is 48.0 Å². The Labute approximate surface area is 211 Å². The van der Waals surface area contributed by atoms with Crippen molar-refractivity contribution in [3.63, 3.8) is 0 Å². The van der Waals surface area contributed by atoms with Gasteiger partial charge in [0, 0.05) is 10.6 Å². The van der Waals surface area contributed by atoms with E-state index in [-0.39, 0.29) is 18.1 Å². The lowest BCUT2D eigenvalue weighted by Crippen LogP contribution is -2.36. The van der Waals surface area contributed by atoms with E-state index in [9.17, 15) is 14.4 Å². The summed E-state index contributed by atoms with van der Waals surface area (Å²) in [5.74, 6) is -0.235. The summed E-state index contributed by atoms with van der Waals surface area (Å²) in [6.45, 7) is 5.69. The molecule has 1 aliphatic rings. The normalized spacial score (nSPS) is 14.4. The van der Waals surface area contributed by atoms with Crippen LogP contribution in [0, 0.1) is 0 Å². The molecule has 1 N–H and O–H groups in total. The number of nitrogens with one attached hydrogen (secondary N) is 1. The lowest BCUT2D eigenvalue weighted by Gasteiger charge is -2.14. The first-order valence-electron chi connectivity index (χ1n) is 10.3. The first-order chi connectivity index (χ1) is 16.4. The topological polar surface area (TPSA) is 84.9 Å². The molecule has 178 valence electrons. The molecule has 0 radical (unpaired) electrons. The van der Waals surface area contributed by atoms with Gasteiger partial charge in [0.05, 0.1) is 16.5 Å². The van der Waals surface area contributed by atoms with Crippen molar-refractivity contribution in [2.24, 2.45) is 0 Å². The Balaban J connectivity index is 1.76. The third-order valence-electron chi connectivity index (χ3n) is 4.50. The number of anilines is 1. The molecule has 1 fully saturated rings. The maximum atomic E-state index is 12.8. The zero-order valence-electron chi connectivity index (χ0n) is 18.6. The van der Waals surface area contributed by atoms with Crippen molar-refractivity contribution in [3.05, 3.63) is 64.5 Å². The summed E-state index contributed by atoms with van der Waals surface area (Å²) in [4.78, 5) is 39.8. The molecule has 0 bridgehead atoms. The number of nitrogens with zero attached hydrogens (tertiary/aromatic N) is 1. The lowest BCUT2D eigenvalue weighted by molar-refractivity contribution is -0.127. The minimum Gasteiger partial charge on any atom is -0.490 e. The van der Waals surface area contributed by atoms with Gasteiger partial charge in [0.1, 0.15) is 13.2 Å². The van der Waals surface area contributed by atoms with Gasteiger partial charge >= 0.3 is 0 Å². The van der Waals surface area contributed by atoms with Crippen LogP contribution < -0.4 is 14.8 Å². The van der Waals surface area contributed by atoms with Crippen LogP contribution in [0.2, 0.25) is 5.02 Å². The summed E-state index contributed by atoms with van der Waals surface area (Å²) < 4.78 is 11.2. The van der Waals surface area contributed by atoms with Gasteiger partial charge in [-0.15, -0.1) is 11.8 Å². The predicted molar refractivity (Wildman–Crippen MR) is 138 cm³/mol. The standard InChI is InChI=1S/C24H23ClN2O5S2/c1-4-9-32-22-18(25)10-15(11-19(22)31-5-2)12-20-23(29)27(24(30)34-20)14-21(28)26-16-7-6-8-17(13-16)33-3/h4,6-8,10-13H,1,5,9,14H2,2-3H3,(H,26,28)/b20-12+. The van der Waals surface area contributed by atoms with Gasteiger partial charge in [-0.2, -0.15) is 0 Å². The Morgan fingerprint density at radius 1 is 1.26 bits per heavy atom. The van der Waals surface area contributed by atoms with Crippen LogP contribution in [-0.2, 0) is 9.59 Å². The van der Waals surface area contributed by atoms with Crippen LogP contribution in [0.3, 0.4) is 0 Å². The van der Waals surface area contributed by atoms with E-state index in [1.54, 1.807) is 36.0 Å². The Morgan fingerprint density at radius 3 is 2.76 bits per heavy atom. The molecule has 0 aromatic heterocycles. The number of carbonyl (C=O) groups excluding carboxylic acids is 3. The molecule has 2 aromatic rings. The number of thioether (sulfide) groups is 2. The van der Waals surface area contributed by atoms with Crippen molar-refractivity contribution in [1.29, 1.82) is 0 Å². The van der Waals surface area contributed by atoms with E-state index in [4.69, 9.17) is 21.1 Å². The van der Waals surface area contributed by atoms with Crippen LogP contribution in [0.15, 0.2) is 58.9 Å². The van der Waals surface area contributed by atoms with E-state index in [1.165, 1.54) is 6.08 Å². The first-order valence-corrected chi connectivity index (χ1v) is 12.7. The number of halogens is 1. The molecule has 1 saturated heterocycles. The summed E-state index contributed by atoms with van der Waals surface area (Å²) in [7, 11) is 0. The van der Waals surface area contributed by atoms with Gasteiger partial charge in [-0.1, -0.05) is 30.3 Å². The summed E-state index contributed by atoms with van der Waals surface area (Å²) >= 11 is 8.66. The molecule has 3 amide bonds. The molecule has 3 rings (SSSR count). The average molecular weight is 519 g/mol. The van der Waals surface area contributed by atoms with Gasteiger partial charge in [-0.25, -0.2) is 0 Å². The van der Waals surface area contributed by atoms with Crippen molar-refractivity contribution in [2.75, 3.05) is 31.3 Å². The highest BCUT2D eigenvalue weighted by atomic mass is 35.5. The number of hydrogen-bond donors (Lipinski definition) is 1. The van der Waals surface area contributed by atoms with E-state index in [0.29, 0.717) is 34.4 Å². The highest BCUT2D eigenvalue weighted by Crippen LogP contribution is 2.39. The number of benzene rings is 2. The zero-order valence-corrected chi connectivity index (χ0v) is 21.0. The van der Waals surface area contributed by atoms with Gasteiger partial charge in [-0.3, -0.25) is 19.3 Å². The minimum atomic E-state index is -0.552. The fraction of sp³-hybridized carbons (Fsp3) is 0.208. The van der Waals surface area contributed by atoms with E-state index in [1.807, 2.05) is 31.4 Å². The van der Waals surface area contributed by atoms with Gasteiger partial charge < -0.3 is 14.8 Å². The Kier molecular flexibility index (Phi) is 9.09. The summed E-state index contributed by atoms with van der Waals surface area (Å²) in [6.07, 6.45) is 5.06. The van der Waals surface area contributed by atoms with Crippen molar-refractivity contribution in [2.45, 2.75) is 11.8 Å². The summed E-state index contributed by atoms with van der Waals surface area (Å²) in [5.41, 5.74) is 1.15. The number of imide groups is 1. The molecule has 10 heteroatoms. The van der Waals surface area contributed by atoms with E-state index in [2.05, 4.69) is 11.9 Å².